The van der Waals surface area contributed by atoms with Crippen LogP contribution in [0.25, 0.3) is 10.1 Å². The van der Waals surface area contributed by atoms with Crippen LogP contribution in [0.1, 0.15) is 6.92 Å². The topological polar surface area (TPSA) is 9.23 Å². The van der Waals surface area contributed by atoms with E-state index < -0.39 is 0 Å². The van der Waals surface area contributed by atoms with Gasteiger partial charge in [-0.05, 0) is 41.6 Å². The van der Waals surface area contributed by atoms with Crippen LogP contribution in [0.15, 0.2) is 23.1 Å². The lowest BCUT2D eigenvalue weighted by molar-refractivity contribution is 0.344. The van der Waals surface area contributed by atoms with Gasteiger partial charge in [0.1, 0.15) is 0 Å². The van der Waals surface area contributed by atoms with Gasteiger partial charge in [-0.3, -0.25) is 0 Å². The van der Waals surface area contributed by atoms with E-state index in [1.165, 1.54) is 13.7 Å². The van der Waals surface area contributed by atoms with Crippen LogP contribution in [-0.4, -0.2) is 6.61 Å². The molecule has 0 aliphatic heterocycles. The Kier molecular flexibility index (Phi) is 3.23. The third-order valence-electron chi connectivity index (χ3n) is 1.87. The van der Waals surface area contributed by atoms with Crippen molar-refractivity contribution in [3.05, 3.63) is 21.8 Å². The van der Waals surface area contributed by atoms with Crippen molar-refractivity contribution >= 4 is 56.6 Å². The molecular weight excluding hydrogens is 327 g/mol. The highest BCUT2D eigenvalue weighted by molar-refractivity contribution is 14.1. The average Bonchev–Trinajstić information content (AvgIpc) is 2.44. The van der Waals surface area contributed by atoms with Gasteiger partial charge in [0.2, 0.25) is 0 Å². The van der Waals surface area contributed by atoms with Crippen molar-refractivity contribution in [2.24, 2.45) is 0 Å². The van der Waals surface area contributed by atoms with E-state index >= 15 is 0 Å². The van der Waals surface area contributed by atoms with Gasteiger partial charge in [0, 0.05) is 13.7 Å². The largest absolute Gasteiger partial charge is 0.483 e. The minimum atomic E-state index is 0.692. The number of ether oxygens (including phenoxy) is 1. The van der Waals surface area contributed by atoms with Crippen molar-refractivity contribution in [1.82, 2.24) is 0 Å². The highest BCUT2D eigenvalue weighted by Gasteiger charge is 2.09. The predicted molar refractivity (Wildman–Crippen MR) is 73.0 cm³/mol. The Morgan fingerprint density at radius 2 is 2.29 bits per heavy atom. The van der Waals surface area contributed by atoms with Crippen molar-refractivity contribution in [2.45, 2.75) is 11.8 Å². The summed E-state index contributed by atoms with van der Waals surface area (Å²) in [4.78, 5) is 0.961. The first-order chi connectivity index (χ1) is 6.72. The monoisotopic (exact) mass is 336 g/mol. The Balaban J connectivity index is 2.61. The van der Waals surface area contributed by atoms with Crippen molar-refractivity contribution in [3.8, 4) is 5.06 Å². The molecule has 0 bridgehead atoms. The molecule has 0 saturated carbocycles. The van der Waals surface area contributed by atoms with Gasteiger partial charge in [-0.1, -0.05) is 17.4 Å². The zero-order chi connectivity index (χ0) is 10.1. The number of rotatable bonds is 2. The quantitative estimate of drug-likeness (QED) is 0.639. The third-order valence-corrected chi connectivity index (χ3v) is 4.20. The van der Waals surface area contributed by atoms with E-state index in [1.54, 1.807) is 11.3 Å². The van der Waals surface area contributed by atoms with E-state index in [0.29, 0.717) is 6.61 Å². The van der Waals surface area contributed by atoms with Crippen molar-refractivity contribution in [2.75, 3.05) is 6.61 Å². The highest BCUT2D eigenvalue weighted by atomic mass is 127. The van der Waals surface area contributed by atoms with E-state index in [-0.39, 0.29) is 0 Å². The van der Waals surface area contributed by atoms with Gasteiger partial charge in [-0.25, -0.2) is 0 Å². The number of fused-ring (bicyclic) bond motifs is 1. The van der Waals surface area contributed by atoms with Crippen LogP contribution < -0.4 is 4.74 Å². The molecule has 14 heavy (non-hydrogen) atoms. The summed E-state index contributed by atoms with van der Waals surface area (Å²) in [6.07, 6.45) is 0. The summed E-state index contributed by atoms with van der Waals surface area (Å²) < 4.78 is 7.99. The van der Waals surface area contributed by atoms with Gasteiger partial charge in [0.15, 0.2) is 5.06 Å². The first kappa shape index (κ1) is 10.6. The Bertz CT molecular complexity index is 464. The Labute approximate surface area is 106 Å². The number of thiol groups is 1. The fourth-order valence-electron chi connectivity index (χ4n) is 1.26. The molecule has 0 amide bonds. The van der Waals surface area contributed by atoms with Crippen molar-refractivity contribution in [3.63, 3.8) is 0 Å². The maximum atomic E-state index is 5.50. The number of benzene rings is 1. The predicted octanol–water partition coefficient (Wildman–Crippen LogP) is 4.19. The smallest absolute Gasteiger partial charge is 0.188 e. The Morgan fingerprint density at radius 3 is 3.00 bits per heavy atom. The lowest BCUT2D eigenvalue weighted by Crippen LogP contribution is -1.88. The van der Waals surface area contributed by atoms with E-state index in [2.05, 4.69) is 53.4 Å². The molecule has 1 aromatic heterocycles. The second-order valence-electron chi connectivity index (χ2n) is 2.81. The summed E-state index contributed by atoms with van der Waals surface area (Å²) in [6.45, 7) is 2.68. The van der Waals surface area contributed by atoms with Crippen LogP contribution in [0.4, 0.5) is 0 Å². The number of hydrogen-bond donors (Lipinski definition) is 1. The third kappa shape index (κ3) is 1.87. The molecular formula is C10H9IOS2. The molecule has 0 unspecified atom stereocenters. The summed E-state index contributed by atoms with van der Waals surface area (Å²) in [7, 11) is 0. The zero-order valence-corrected chi connectivity index (χ0v) is 11.4. The molecule has 0 fully saturated rings. The first-order valence-corrected chi connectivity index (χ1v) is 6.60. The Morgan fingerprint density at radius 1 is 1.50 bits per heavy atom. The molecule has 1 aromatic carbocycles. The number of thiophene rings is 1. The molecule has 0 radical (unpaired) electrons. The zero-order valence-electron chi connectivity index (χ0n) is 7.58. The minimum absolute atomic E-state index is 0.692. The molecule has 4 heteroatoms. The molecule has 2 aromatic rings. The van der Waals surface area contributed by atoms with Crippen molar-refractivity contribution < 1.29 is 4.74 Å². The molecule has 0 spiro atoms. The van der Waals surface area contributed by atoms with Crippen LogP contribution in [0, 0.1) is 3.57 Å². The standard InChI is InChI=1S/C10H9IOS2/c1-2-12-10-9(13)7-4-3-6(11)5-8(7)14-10/h3-5,13H,2H2,1H3. The van der Waals surface area contributed by atoms with Crippen LogP contribution in [0.5, 0.6) is 5.06 Å². The fraction of sp³-hybridized carbons (Fsp3) is 0.200. The van der Waals surface area contributed by atoms with Gasteiger partial charge < -0.3 is 4.74 Å². The lowest BCUT2D eigenvalue weighted by atomic mass is 10.3. The van der Waals surface area contributed by atoms with Crippen LogP contribution in [0.3, 0.4) is 0 Å². The SMILES string of the molecule is CCOc1sc2cc(I)ccc2c1S. The van der Waals surface area contributed by atoms with Crippen LogP contribution >= 0.6 is 46.6 Å². The first-order valence-electron chi connectivity index (χ1n) is 4.26. The van der Waals surface area contributed by atoms with E-state index in [9.17, 15) is 0 Å². The Hall–Kier alpha value is 0.0600. The van der Waals surface area contributed by atoms with Gasteiger partial charge in [0.05, 0.1) is 11.5 Å². The van der Waals surface area contributed by atoms with E-state index in [1.807, 2.05) is 6.92 Å². The van der Waals surface area contributed by atoms with Gasteiger partial charge in [-0.2, -0.15) is 0 Å². The highest BCUT2D eigenvalue weighted by Crippen LogP contribution is 2.40. The molecule has 1 nitrogen and oxygen atoms in total. The number of hydrogen-bond acceptors (Lipinski definition) is 3. The molecule has 0 atom stereocenters. The molecule has 0 aliphatic carbocycles. The number of halogens is 1. The van der Waals surface area contributed by atoms with E-state index in [4.69, 9.17) is 4.74 Å². The normalized spacial score (nSPS) is 10.8. The molecule has 0 aliphatic rings. The van der Waals surface area contributed by atoms with Crippen LogP contribution in [-0.2, 0) is 0 Å². The van der Waals surface area contributed by atoms with Crippen molar-refractivity contribution in [1.29, 1.82) is 0 Å². The maximum Gasteiger partial charge on any atom is 0.188 e. The van der Waals surface area contributed by atoms with Gasteiger partial charge >= 0.3 is 0 Å². The van der Waals surface area contributed by atoms with Gasteiger partial charge in [0.25, 0.3) is 0 Å². The molecule has 1 heterocycles. The second kappa shape index (κ2) is 4.28. The van der Waals surface area contributed by atoms with E-state index in [0.717, 1.165) is 9.96 Å². The molecule has 74 valence electrons. The maximum absolute atomic E-state index is 5.50. The summed E-state index contributed by atoms with van der Waals surface area (Å²) in [5, 5.41) is 2.11. The van der Waals surface area contributed by atoms with Gasteiger partial charge in [-0.15, -0.1) is 12.6 Å². The summed E-state index contributed by atoms with van der Waals surface area (Å²) in [6, 6.07) is 6.34. The molecule has 2 rings (SSSR count). The second-order valence-corrected chi connectivity index (χ2v) is 5.52. The average molecular weight is 336 g/mol. The summed E-state index contributed by atoms with van der Waals surface area (Å²) >= 11 is 8.44. The molecule has 0 N–H and O–H groups in total. The minimum Gasteiger partial charge on any atom is -0.483 e. The molecule has 0 saturated heterocycles. The summed E-state index contributed by atoms with van der Waals surface area (Å²) in [5.41, 5.74) is 0. The summed E-state index contributed by atoms with van der Waals surface area (Å²) in [5.74, 6) is 0. The van der Waals surface area contributed by atoms with Crippen LogP contribution in [0.2, 0.25) is 0 Å². The lowest BCUT2D eigenvalue weighted by Gasteiger charge is -1.98. The fourth-order valence-corrected chi connectivity index (χ4v) is 3.49.